The van der Waals surface area contributed by atoms with Crippen LogP contribution in [0, 0.1) is 5.82 Å². The maximum Gasteiger partial charge on any atom is 0.344 e. The van der Waals surface area contributed by atoms with Crippen molar-refractivity contribution >= 4 is 43.5 Å². The number of sulfonamides is 1. The summed E-state index contributed by atoms with van der Waals surface area (Å²) in [5.74, 6) is -1.74. The molecule has 1 atom stereocenters. The van der Waals surface area contributed by atoms with Crippen molar-refractivity contribution in [2.24, 2.45) is 5.14 Å². The summed E-state index contributed by atoms with van der Waals surface area (Å²) in [6.45, 7) is 0.841. The number of carbonyl (C=O) groups is 2. The number of nitrogens with two attached hydrogens (primary N) is 1. The Morgan fingerprint density at radius 3 is 2.61 bits per heavy atom. The fraction of sp³-hybridized carbons (Fsp3) is 0.176. The van der Waals surface area contributed by atoms with Crippen LogP contribution in [0.15, 0.2) is 51.8 Å². The van der Waals surface area contributed by atoms with Gasteiger partial charge in [0.2, 0.25) is 10.0 Å². The molecule has 2 rings (SSSR count). The molecule has 2 aromatic carbocycles. The first-order valence-electron chi connectivity index (χ1n) is 7.77. The Labute approximate surface area is 169 Å². The first-order valence-corrected chi connectivity index (χ1v) is 10.1. The Morgan fingerprint density at radius 2 is 1.96 bits per heavy atom. The molecule has 0 aliphatic rings. The Bertz CT molecular complexity index is 999. The number of halogens is 2. The zero-order valence-electron chi connectivity index (χ0n) is 14.5. The van der Waals surface area contributed by atoms with E-state index >= 15 is 0 Å². The van der Waals surface area contributed by atoms with Crippen LogP contribution in [-0.4, -0.2) is 33.0 Å². The average Bonchev–Trinajstić information content (AvgIpc) is 2.60. The van der Waals surface area contributed by atoms with Crippen LogP contribution < -0.4 is 15.2 Å². The van der Waals surface area contributed by atoms with Gasteiger partial charge in [0.05, 0.1) is 9.37 Å². The van der Waals surface area contributed by atoms with E-state index in [1.165, 1.54) is 43.3 Å². The summed E-state index contributed by atoms with van der Waals surface area (Å²) >= 11 is 3.10. The third-order valence-electron chi connectivity index (χ3n) is 3.35. The molecule has 0 heterocycles. The van der Waals surface area contributed by atoms with Crippen molar-refractivity contribution in [3.8, 4) is 5.75 Å². The van der Waals surface area contributed by atoms with Crippen molar-refractivity contribution in [1.29, 1.82) is 0 Å². The van der Waals surface area contributed by atoms with E-state index in [4.69, 9.17) is 14.6 Å². The summed E-state index contributed by atoms with van der Waals surface area (Å²) in [5.41, 5.74) is 0.172. The van der Waals surface area contributed by atoms with Gasteiger partial charge in [0.25, 0.3) is 5.91 Å². The van der Waals surface area contributed by atoms with Gasteiger partial charge in [-0.1, -0.05) is 6.07 Å². The van der Waals surface area contributed by atoms with Gasteiger partial charge in [-0.05, 0) is 59.3 Å². The molecule has 28 heavy (non-hydrogen) atoms. The number of carbonyl (C=O) groups excluding carboxylic acids is 2. The summed E-state index contributed by atoms with van der Waals surface area (Å²) in [4.78, 5) is 23.8. The molecule has 0 unspecified atom stereocenters. The Hall–Kier alpha value is -2.50. The van der Waals surface area contributed by atoms with Gasteiger partial charge >= 0.3 is 5.97 Å². The van der Waals surface area contributed by atoms with E-state index in [9.17, 15) is 22.4 Å². The normalized spacial score (nSPS) is 12.1. The van der Waals surface area contributed by atoms with Gasteiger partial charge in [-0.2, -0.15) is 0 Å². The highest BCUT2D eigenvalue weighted by Gasteiger charge is 2.19. The van der Waals surface area contributed by atoms with Crippen molar-refractivity contribution in [2.45, 2.75) is 17.9 Å². The minimum absolute atomic E-state index is 0.172. The highest BCUT2D eigenvalue weighted by molar-refractivity contribution is 9.10. The summed E-state index contributed by atoms with van der Waals surface area (Å²) in [6.07, 6.45) is -1.18. The average molecular weight is 475 g/mol. The number of nitrogens with one attached hydrogen (secondary N) is 1. The molecule has 0 saturated heterocycles. The second kappa shape index (κ2) is 9.13. The molecule has 8 nitrogen and oxygen atoms in total. The van der Waals surface area contributed by atoms with Crippen LogP contribution in [0.25, 0.3) is 0 Å². The van der Waals surface area contributed by atoms with Crippen molar-refractivity contribution in [1.82, 2.24) is 0 Å². The number of ether oxygens (including phenoxy) is 2. The molecular formula is C17H16BrFN2O6S. The molecule has 0 bridgehead atoms. The van der Waals surface area contributed by atoms with E-state index in [1.54, 1.807) is 0 Å². The van der Waals surface area contributed by atoms with Gasteiger partial charge < -0.3 is 14.8 Å². The van der Waals surface area contributed by atoms with Crippen LogP contribution in [0.3, 0.4) is 0 Å². The second-order valence-corrected chi connectivity index (χ2v) is 7.97. The van der Waals surface area contributed by atoms with Gasteiger partial charge in [0.1, 0.15) is 11.6 Å². The third kappa shape index (κ3) is 6.29. The first kappa shape index (κ1) is 21.8. The molecule has 2 aromatic rings. The fourth-order valence-corrected chi connectivity index (χ4v) is 3.03. The van der Waals surface area contributed by atoms with E-state index in [1.807, 2.05) is 0 Å². The molecule has 0 aliphatic heterocycles. The molecule has 0 fully saturated rings. The van der Waals surface area contributed by atoms with Gasteiger partial charge in [0.15, 0.2) is 12.7 Å². The predicted molar refractivity (Wildman–Crippen MR) is 102 cm³/mol. The zero-order valence-corrected chi connectivity index (χ0v) is 16.9. The summed E-state index contributed by atoms with van der Waals surface area (Å²) < 4.78 is 46.2. The zero-order chi connectivity index (χ0) is 20.9. The number of benzene rings is 2. The van der Waals surface area contributed by atoms with Crippen LogP contribution in [0.1, 0.15) is 6.92 Å². The SMILES string of the molecule is C[C@@H](OC(=O)COc1ccc(F)cc1Br)C(=O)Nc1cccc(S(N)(=O)=O)c1. The highest BCUT2D eigenvalue weighted by Crippen LogP contribution is 2.25. The Morgan fingerprint density at radius 1 is 1.25 bits per heavy atom. The molecule has 3 N–H and O–H groups in total. The topological polar surface area (TPSA) is 125 Å². The van der Waals surface area contributed by atoms with Crippen molar-refractivity contribution in [2.75, 3.05) is 11.9 Å². The molecule has 1 amide bonds. The standard InChI is InChI=1S/C17H16BrFN2O6S/c1-10(17(23)21-12-3-2-4-13(8-12)28(20,24)25)27-16(22)9-26-15-6-5-11(19)7-14(15)18/h2-8,10H,9H2,1H3,(H,21,23)(H2,20,24,25)/t10-/m1/s1. The molecule has 11 heteroatoms. The minimum Gasteiger partial charge on any atom is -0.481 e. The quantitative estimate of drug-likeness (QED) is 0.592. The molecule has 0 aliphatic carbocycles. The minimum atomic E-state index is -3.92. The fourth-order valence-electron chi connectivity index (χ4n) is 2.01. The largest absolute Gasteiger partial charge is 0.481 e. The summed E-state index contributed by atoms with van der Waals surface area (Å²) in [7, 11) is -3.92. The lowest BCUT2D eigenvalue weighted by Gasteiger charge is -2.14. The molecule has 0 spiro atoms. The number of hydrogen-bond donors (Lipinski definition) is 2. The lowest BCUT2D eigenvalue weighted by atomic mass is 10.3. The van der Waals surface area contributed by atoms with Crippen molar-refractivity contribution in [3.63, 3.8) is 0 Å². The van der Waals surface area contributed by atoms with E-state index in [0.29, 0.717) is 4.47 Å². The highest BCUT2D eigenvalue weighted by atomic mass is 79.9. The molecule has 0 saturated carbocycles. The summed E-state index contributed by atoms with van der Waals surface area (Å²) in [6, 6.07) is 8.98. The van der Waals surface area contributed by atoms with Crippen LogP contribution in [0.5, 0.6) is 5.75 Å². The van der Waals surface area contributed by atoms with E-state index < -0.39 is 40.4 Å². The van der Waals surface area contributed by atoms with Crippen molar-refractivity contribution in [3.05, 3.63) is 52.8 Å². The van der Waals surface area contributed by atoms with Crippen LogP contribution in [0.2, 0.25) is 0 Å². The molecule has 150 valence electrons. The van der Waals surface area contributed by atoms with Crippen LogP contribution >= 0.6 is 15.9 Å². The lowest BCUT2D eigenvalue weighted by Crippen LogP contribution is -2.31. The lowest BCUT2D eigenvalue weighted by molar-refractivity contribution is -0.155. The molecule has 0 aromatic heterocycles. The maximum absolute atomic E-state index is 13.0. The van der Waals surface area contributed by atoms with Gasteiger partial charge in [-0.15, -0.1) is 0 Å². The number of rotatable bonds is 7. The predicted octanol–water partition coefficient (Wildman–Crippen LogP) is 2.18. The second-order valence-electron chi connectivity index (χ2n) is 5.56. The molecular weight excluding hydrogens is 459 g/mol. The van der Waals surface area contributed by atoms with E-state index in [-0.39, 0.29) is 16.3 Å². The smallest absolute Gasteiger partial charge is 0.344 e. The summed E-state index contributed by atoms with van der Waals surface area (Å²) in [5, 5.41) is 7.46. The first-order chi connectivity index (χ1) is 13.1. The van der Waals surface area contributed by atoms with Crippen molar-refractivity contribution < 1.29 is 31.9 Å². The monoisotopic (exact) mass is 474 g/mol. The van der Waals surface area contributed by atoms with Crippen LogP contribution in [-0.2, 0) is 24.3 Å². The number of anilines is 1. The van der Waals surface area contributed by atoms with Gasteiger partial charge in [-0.3, -0.25) is 4.79 Å². The Kier molecular flexibility index (Phi) is 7.11. The Balaban J connectivity index is 1.90. The van der Waals surface area contributed by atoms with Gasteiger partial charge in [0, 0.05) is 5.69 Å². The van der Waals surface area contributed by atoms with E-state index in [2.05, 4.69) is 21.2 Å². The number of primary sulfonamides is 1. The maximum atomic E-state index is 13.0. The number of hydrogen-bond acceptors (Lipinski definition) is 6. The number of esters is 1. The van der Waals surface area contributed by atoms with Gasteiger partial charge in [-0.25, -0.2) is 22.7 Å². The van der Waals surface area contributed by atoms with E-state index in [0.717, 1.165) is 6.07 Å². The third-order valence-corrected chi connectivity index (χ3v) is 4.88. The van der Waals surface area contributed by atoms with Crippen LogP contribution in [0.4, 0.5) is 10.1 Å². The number of amides is 1. The molecule has 0 radical (unpaired) electrons.